The summed E-state index contributed by atoms with van der Waals surface area (Å²) in [6, 6.07) is 0. The molecular formula is C16H28N2O3. The summed E-state index contributed by atoms with van der Waals surface area (Å²) in [4.78, 5) is 11.6. The van der Waals surface area contributed by atoms with E-state index in [1.807, 2.05) is 20.8 Å². The Morgan fingerprint density at radius 3 is 2.38 bits per heavy atom. The number of hydrogen-bond acceptors (Lipinski definition) is 4. The summed E-state index contributed by atoms with van der Waals surface area (Å²) >= 11 is 0. The third-order valence-corrected chi connectivity index (χ3v) is 4.01. The second kappa shape index (κ2) is 5.59. The van der Waals surface area contributed by atoms with Crippen molar-refractivity contribution in [2.24, 2.45) is 10.5 Å². The Morgan fingerprint density at radius 2 is 1.90 bits per heavy atom. The van der Waals surface area contributed by atoms with Gasteiger partial charge >= 0.3 is 6.09 Å². The molecule has 21 heavy (non-hydrogen) atoms. The highest BCUT2D eigenvalue weighted by atomic mass is 16.6. The lowest BCUT2D eigenvalue weighted by Gasteiger charge is -2.33. The van der Waals surface area contributed by atoms with Gasteiger partial charge in [-0.05, 0) is 58.3 Å². The average Bonchev–Trinajstić information content (AvgIpc) is 2.62. The van der Waals surface area contributed by atoms with Crippen LogP contribution < -0.4 is 5.43 Å². The second-order valence-electron chi connectivity index (χ2n) is 8.10. The van der Waals surface area contributed by atoms with Gasteiger partial charge in [0.15, 0.2) is 0 Å². The van der Waals surface area contributed by atoms with Crippen LogP contribution in [0.5, 0.6) is 0 Å². The van der Waals surface area contributed by atoms with Crippen LogP contribution in [0.1, 0.15) is 66.7 Å². The first-order valence-electron chi connectivity index (χ1n) is 7.78. The molecule has 0 radical (unpaired) electrons. The minimum absolute atomic E-state index is 0.0361. The number of rotatable bonds is 1. The average molecular weight is 296 g/mol. The van der Waals surface area contributed by atoms with Gasteiger partial charge in [0.05, 0.1) is 12.2 Å². The summed E-state index contributed by atoms with van der Waals surface area (Å²) in [6.45, 7) is 10.9. The quantitative estimate of drug-likeness (QED) is 0.752. The van der Waals surface area contributed by atoms with Crippen LogP contribution in [0.4, 0.5) is 4.79 Å². The van der Waals surface area contributed by atoms with Gasteiger partial charge in [0.1, 0.15) is 5.60 Å². The molecule has 2 rings (SSSR count). The van der Waals surface area contributed by atoms with E-state index in [2.05, 4.69) is 24.4 Å². The highest BCUT2D eigenvalue weighted by molar-refractivity contribution is 5.86. The van der Waals surface area contributed by atoms with E-state index in [1.54, 1.807) is 0 Å². The van der Waals surface area contributed by atoms with E-state index in [-0.39, 0.29) is 11.0 Å². The zero-order valence-electron chi connectivity index (χ0n) is 13.9. The summed E-state index contributed by atoms with van der Waals surface area (Å²) in [5.74, 6) is 0. The lowest BCUT2D eigenvalue weighted by atomic mass is 9.76. The lowest BCUT2D eigenvalue weighted by molar-refractivity contribution is -0.0131. The second-order valence-corrected chi connectivity index (χ2v) is 8.10. The van der Waals surface area contributed by atoms with Crippen molar-refractivity contribution >= 4 is 11.8 Å². The molecule has 0 aromatic heterocycles. The van der Waals surface area contributed by atoms with Crippen LogP contribution in [-0.2, 0) is 9.47 Å². The van der Waals surface area contributed by atoms with Crippen LogP contribution in [0.3, 0.4) is 0 Å². The Bertz CT molecular complexity index is 425. The van der Waals surface area contributed by atoms with Crippen LogP contribution in [0.2, 0.25) is 0 Å². The molecule has 5 nitrogen and oxygen atoms in total. The Balaban J connectivity index is 1.82. The maximum Gasteiger partial charge on any atom is 0.428 e. The Kier molecular flexibility index (Phi) is 4.34. The fraction of sp³-hybridized carbons (Fsp3) is 0.875. The highest BCUT2D eigenvalue weighted by Crippen LogP contribution is 2.46. The summed E-state index contributed by atoms with van der Waals surface area (Å²) in [7, 11) is 0. The first kappa shape index (κ1) is 16.3. The molecule has 120 valence electrons. The molecular weight excluding hydrogens is 268 g/mol. The van der Waals surface area contributed by atoms with E-state index in [0.717, 1.165) is 44.4 Å². The molecule has 2 fully saturated rings. The third kappa shape index (κ3) is 4.70. The first-order valence-corrected chi connectivity index (χ1v) is 7.78. The van der Waals surface area contributed by atoms with Gasteiger partial charge < -0.3 is 9.47 Å². The van der Waals surface area contributed by atoms with Gasteiger partial charge in [-0.25, -0.2) is 10.2 Å². The zero-order valence-corrected chi connectivity index (χ0v) is 13.9. The molecule has 1 saturated heterocycles. The van der Waals surface area contributed by atoms with Gasteiger partial charge in [-0.15, -0.1) is 0 Å². The Hall–Kier alpha value is -1.10. The topological polar surface area (TPSA) is 59.9 Å². The maximum absolute atomic E-state index is 11.6. The molecule has 2 aliphatic rings. The fourth-order valence-electron chi connectivity index (χ4n) is 3.18. The first-order chi connectivity index (χ1) is 9.59. The van der Waals surface area contributed by atoms with E-state index < -0.39 is 11.7 Å². The van der Waals surface area contributed by atoms with Gasteiger partial charge in [0.2, 0.25) is 0 Å². The molecule has 1 spiro atoms. The predicted molar refractivity (Wildman–Crippen MR) is 82.4 cm³/mol. The zero-order chi connectivity index (χ0) is 15.7. The van der Waals surface area contributed by atoms with Gasteiger partial charge in [0, 0.05) is 5.71 Å². The number of nitrogens with zero attached hydrogens (tertiary/aromatic N) is 1. The number of amides is 1. The molecule has 1 amide bonds. The monoisotopic (exact) mass is 296 g/mol. The van der Waals surface area contributed by atoms with Crippen molar-refractivity contribution in [3.8, 4) is 0 Å². The van der Waals surface area contributed by atoms with E-state index in [0.29, 0.717) is 0 Å². The molecule has 1 aliphatic heterocycles. The van der Waals surface area contributed by atoms with Gasteiger partial charge in [-0.1, -0.05) is 13.8 Å². The van der Waals surface area contributed by atoms with Crippen LogP contribution in [0, 0.1) is 5.41 Å². The molecule has 0 atom stereocenters. The van der Waals surface area contributed by atoms with Crippen molar-refractivity contribution in [1.29, 1.82) is 0 Å². The SMILES string of the molecule is CC1(C)COC2(CCC(=NNC(=O)OC(C)(C)C)CC2)C1. The summed E-state index contributed by atoms with van der Waals surface area (Å²) in [5, 5.41) is 4.19. The molecule has 0 aromatic carbocycles. The molecule has 1 N–H and O–H groups in total. The number of carbonyl (C=O) groups excluding carboxylic acids is 1. The maximum atomic E-state index is 11.6. The minimum atomic E-state index is -0.496. The fourth-order valence-corrected chi connectivity index (χ4v) is 3.18. The van der Waals surface area contributed by atoms with Crippen molar-refractivity contribution in [3.63, 3.8) is 0 Å². The molecule has 0 bridgehead atoms. The predicted octanol–water partition coefficient (Wildman–Crippen LogP) is 3.63. The number of ether oxygens (including phenoxy) is 2. The largest absolute Gasteiger partial charge is 0.443 e. The van der Waals surface area contributed by atoms with Crippen LogP contribution in [-0.4, -0.2) is 29.6 Å². The van der Waals surface area contributed by atoms with E-state index in [9.17, 15) is 4.79 Å². The number of hydrazone groups is 1. The standard InChI is InChI=1S/C16H28N2O3/c1-14(2,3)21-13(19)18-17-12-6-8-16(9-7-12)10-15(4,5)11-20-16/h6-11H2,1-5H3,(H,18,19). The van der Waals surface area contributed by atoms with Crippen LogP contribution >= 0.6 is 0 Å². The van der Waals surface area contributed by atoms with Gasteiger partial charge in [0.25, 0.3) is 0 Å². The summed E-state index contributed by atoms with van der Waals surface area (Å²) < 4.78 is 11.2. The van der Waals surface area contributed by atoms with Crippen molar-refractivity contribution < 1.29 is 14.3 Å². The molecule has 0 unspecified atom stereocenters. The molecule has 0 aromatic rings. The molecule has 5 heteroatoms. The minimum Gasteiger partial charge on any atom is -0.443 e. The van der Waals surface area contributed by atoms with Gasteiger partial charge in [-0.3, -0.25) is 0 Å². The van der Waals surface area contributed by atoms with E-state index in [1.165, 1.54) is 0 Å². The van der Waals surface area contributed by atoms with Crippen LogP contribution in [0.15, 0.2) is 5.10 Å². The van der Waals surface area contributed by atoms with Crippen molar-refractivity contribution in [2.75, 3.05) is 6.61 Å². The summed E-state index contributed by atoms with van der Waals surface area (Å²) in [6.07, 6.45) is 4.37. The van der Waals surface area contributed by atoms with E-state index >= 15 is 0 Å². The molecule has 1 heterocycles. The van der Waals surface area contributed by atoms with E-state index in [4.69, 9.17) is 9.47 Å². The highest BCUT2D eigenvalue weighted by Gasteiger charge is 2.45. The normalized spacial score (nSPS) is 28.5. The summed E-state index contributed by atoms with van der Waals surface area (Å²) in [5.41, 5.74) is 3.34. The number of nitrogens with one attached hydrogen (secondary N) is 1. The van der Waals surface area contributed by atoms with Crippen molar-refractivity contribution in [1.82, 2.24) is 5.43 Å². The van der Waals surface area contributed by atoms with Crippen LogP contribution in [0.25, 0.3) is 0 Å². The van der Waals surface area contributed by atoms with Crippen molar-refractivity contribution in [3.05, 3.63) is 0 Å². The molecule has 1 aliphatic carbocycles. The number of hydrogen-bond donors (Lipinski definition) is 1. The lowest BCUT2D eigenvalue weighted by Crippen LogP contribution is -2.35. The van der Waals surface area contributed by atoms with Crippen molar-refractivity contribution in [2.45, 2.75) is 77.9 Å². The molecule has 1 saturated carbocycles. The Morgan fingerprint density at radius 1 is 1.29 bits per heavy atom. The number of carbonyl (C=O) groups is 1. The van der Waals surface area contributed by atoms with Gasteiger partial charge in [-0.2, -0.15) is 5.10 Å². The smallest absolute Gasteiger partial charge is 0.428 e. The third-order valence-electron chi connectivity index (χ3n) is 4.01. The Labute approximate surface area is 127 Å².